The maximum absolute atomic E-state index is 11.3. The first kappa shape index (κ1) is 50.6. The number of hydrogen-bond acceptors (Lipinski definition) is 6. The first-order chi connectivity index (χ1) is 29.9. The molecule has 338 valence electrons. The van der Waals surface area contributed by atoms with Crippen LogP contribution in [0.3, 0.4) is 0 Å². The van der Waals surface area contributed by atoms with E-state index in [4.69, 9.17) is 9.47 Å². The van der Waals surface area contributed by atoms with Crippen molar-refractivity contribution < 1.29 is 29.6 Å². The second kappa shape index (κ2) is 22.1. The van der Waals surface area contributed by atoms with Crippen LogP contribution < -0.4 is 4.74 Å². The summed E-state index contributed by atoms with van der Waals surface area (Å²) in [5, 5.41) is 30.9. The van der Waals surface area contributed by atoms with Gasteiger partial charge in [-0.1, -0.05) is 128 Å². The molecule has 1 aliphatic rings. The number of phenolic OH excluding ortho intramolecular Hbond substituents is 1. The van der Waals surface area contributed by atoms with Gasteiger partial charge in [-0.15, -0.1) is 0 Å². The highest BCUT2D eigenvalue weighted by Gasteiger charge is 2.33. The van der Waals surface area contributed by atoms with Gasteiger partial charge >= 0.3 is 5.97 Å². The Kier molecular flexibility index (Phi) is 17.7. The molecule has 0 unspecified atom stereocenters. The van der Waals surface area contributed by atoms with Crippen LogP contribution >= 0.6 is 0 Å². The molecule has 1 fully saturated rings. The Hall–Kier alpha value is -5.01. The minimum atomic E-state index is -0.928. The van der Waals surface area contributed by atoms with E-state index in [-0.39, 0.29) is 22.9 Å². The van der Waals surface area contributed by atoms with Gasteiger partial charge in [-0.25, -0.2) is 0 Å². The van der Waals surface area contributed by atoms with Crippen molar-refractivity contribution in [3.63, 3.8) is 0 Å². The summed E-state index contributed by atoms with van der Waals surface area (Å²) in [5.74, 6) is 13.6. The van der Waals surface area contributed by atoms with E-state index in [1.54, 1.807) is 6.07 Å². The molecular formula is C57H74O6. The third-order valence-electron chi connectivity index (χ3n) is 14.0. The number of aliphatic hydroxyl groups is 2. The molecule has 0 bridgehead atoms. The fourth-order valence-electron chi connectivity index (χ4n) is 8.84. The van der Waals surface area contributed by atoms with Gasteiger partial charge in [0.15, 0.2) is 0 Å². The average Bonchev–Trinajstić information content (AvgIpc) is 3.72. The Bertz CT molecular complexity index is 2300. The molecule has 0 saturated carbocycles. The molecule has 0 amide bonds. The van der Waals surface area contributed by atoms with Crippen molar-refractivity contribution in [3.8, 4) is 35.2 Å². The number of phenols is 1. The maximum atomic E-state index is 11.3. The molecular weight excluding hydrogens is 781 g/mol. The lowest BCUT2D eigenvalue weighted by Gasteiger charge is -2.34. The topological polar surface area (TPSA) is 96.2 Å². The van der Waals surface area contributed by atoms with Gasteiger partial charge in [-0.05, 0) is 154 Å². The number of aromatic hydroxyl groups is 1. The zero-order valence-electron chi connectivity index (χ0n) is 40.4. The lowest BCUT2D eigenvalue weighted by molar-refractivity contribution is -0.142. The van der Waals surface area contributed by atoms with E-state index in [2.05, 4.69) is 127 Å². The summed E-state index contributed by atoms with van der Waals surface area (Å²) in [7, 11) is 0. The lowest BCUT2D eigenvalue weighted by Crippen LogP contribution is -2.26. The van der Waals surface area contributed by atoms with Crippen molar-refractivity contribution in [1.82, 2.24) is 0 Å². The molecule has 0 aliphatic carbocycles. The predicted molar refractivity (Wildman–Crippen MR) is 259 cm³/mol. The fourth-order valence-corrected chi connectivity index (χ4v) is 8.84. The van der Waals surface area contributed by atoms with Gasteiger partial charge in [0.05, 0.1) is 0 Å². The molecule has 6 heteroatoms. The minimum absolute atomic E-state index is 0.0945. The summed E-state index contributed by atoms with van der Waals surface area (Å²) in [6.45, 7) is 25.4. The fraction of sp³-hybridized carbons (Fsp3) is 0.491. The van der Waals surface area contributed by atoms with Crippen LogP contribution in [-0.4, -0.2) is 45.2 Å². The Labute approximate surface area is 379 Å². The predicted octanol–water partition coefficient (Wildman–Crippen LogP) is 12.4. The van der Waals surface area contributed by atoms with Crippen molar-refractivity contribution in [2.45, 2.75) is 175 Å². The van der Waals surface area contributed by atoms with Crippen LogP contribution in [0.25, 0.3) is 0 Å². The second-order valence-electron chi connectivity index (χ2n) is 17.6. The van der Waals surface area contributed by atoms with Gasteiger partial charge in [0.25, 0.3) is 0 Å². The van der Waals surface area contributed by atoms with Gasteiger partial charge in [0.1, 0.15) is 35.4 Å². The normalized spacial score (nSPS) is 14.1. The molecule has 6 nitrogen and oxygen atoms in total. The van der Waals surface area contributed by atoms with E-state index >= 15 is 0 Å². The molecule has 3 N–H and O–H groups in total. The molecule has 0 spiro atoms. The maximum Gasteiger partial charge on any atom is 0.306 e. The SMILES string of the molecule is CCC(O)(C#Cc1ccc(C(CC)(CC)c2ccc(O)c(C)c2)cc1C)CC.CCC(O)(C#Cc1ccc(C(CC)(CC)c2ccc(OC[C@H]3CCC(=O)O3)c(C)c2)cc1C)CC. The Balaban J connectivity index is 0.000000284. The van der Waals surface area contributed by atoms with Crippen LogP contribution in [0.4, 0.5) is 0 Å². The van der Waals surface area contributed by atoms with Gasteiger partial charge < -0.3 is 24.8 Å². The molecule has 1 saturated heterocycles. The Morgan fingerprint density at radius 1 is 0.571 bits per heavy atom. The van der Waals surface area contributed by atoms with Crippen molar-refractivity contribution in [2.24, 2.45) is 0 Å². The van der Waals surface area contributed by atoms with Gasteiger partial charge in [-0.3, -0.25) is 4.79 Å². The smallest absolute Gasteiger partial charge is 0.306 e. The lowest BCUT2D eigenvalue weighted by atomic mass is 9.70. The van der Waals surface area contributed by atoms with Crippen LogP contribution in [0.15, 0.2) is 72.8 Å². The molecule has 4 aromatic carbocycles. The van der Waals surface area contributed by atoms with Crippen molar-refractivity contribution in [2.75, 3.05) is 6.61 Å². The first-order valence-electron chi connectivity index (χ1n) is 23.4. The monoisotopic (exact) mass is 855 g/mol. The first-order valence-corrected chi connectivity index (χ1v) is 23.4. The van der Waals surface area contributed by atoms with Gasteiger partial charge in [-0.2, -0.15) is 0 Å². The summed E-state index contributed by atoms with van der Waals surface area (Å²) in [6.07, 6.45) is 7.43. The highest BCUT2D eigenvalue weighted by Crippen LogP contribution is 2.42. The third kappa shape index (κ3) is 11.8. The number of esters is 1. The highest BCUT2D eigenvalue weighted by molar-refractivity contribution is 5.71. The van der Waals surface area contributed by atoms with Crippen LogP contribution in [0.2, 0.25) is 0 Å². The van der Waals surface area contributed by atoms with Crippen molar-refractivity contribution in [1.29, 1.82) is 0 Å². The van der Waals surface area contributed by atoms with Crippen LogP contribution in [0.5, 0.6) is 11.5 Å². The molecule has 1 aliphatic heterocycles. The van der Waals surface area contributed by atoms with Crippen LogP contribution in [0, 0.1) is 51.4 Å². The molecule has 0 aromatic heterocycles. The van der Waals surface area contributed by atoms with Crippen LogP contribution in [0.1, 0.15) is 175 Å². The Morgan fingerprint density at radius 3 is 1.32 bits per heavy atom. The zero-order valence-corrected chi connectivity index (χ0v) is 40.4. The van der Waals surface area contributed by atoms with Crippen molar-refractivity contribution >= 4 is 5.97 Å². The zero-order chi connectivity index (χ0) is 46.6. The molecule has 63 heavy (non-hydrogen) atoms. The number of rotatable bonds is 15. The van der Waals surface area contributed by atoms with Gasteiger partial charge in [0.2, 0.25) is 0 Å². The molecule has 1 atom stereocenters. The summed E-state index contributed by atoms with van der Waals surface area (Å²) < 4.78 is 11.3. The van der Waals surface area contributed by atoms with E-state index in [1.165, 1.54) is 22.3 Å². The average molecular weight is 855 g/mol. The van der Waals surface area contributed by atoms with Crippen molar-refractivity contribution in [3.05, 3.63) is 128 Å². The summed E-state index contributed by atoms with van der Waals surface area (Å²) >= 11 is 0. The largest absolute Gasteiger partial charge is 0.508 e. The standard InChI is InChI=1S/C31H40O4.C26H34O2/c1-7-30(33,8-2)18-17-24-11-12-25(19-22(24)5)31(9-3,10-4)26-13-15-28(23(6)20-26)34-21-27-14-16-29(32)35-27;1-7-25(28,8-2)16-15-21-11-12-22(17-19(21)5)26(9-3,10-4)23-13-14-24(27)20(6)18-23/h11-13,15,19-20,27,33H,7-10,14,16,21H2,1-6H3;11-14,17-18,27-28H,7-10H2,1-6H3/t27-;/m1./s1. The summed E-state index contributed by atoms with van der Waals surface area (Å²) in [6, 6.07) is 25.4. The van der Waals surface area contributed by atoms with Gasteiger partial charge in [0, 0.05) is 28.4 Å². The molecule has 1 heterocycles. The number of hydrogen-bond donors (Lipinski definition) is 3. The molecule has 0 radical (unpaired) electrons. The quantitative estimate of drug-likeness (QED) is 0.0814. The third-order valence-corrected chi connectivity index (χ3v) is 14.0. The molecule has 5 rings (SSSR count). The van der Waals surface area contributed by atoms with E-state index in [9.17, 15) is 20.1 Å². The number of benzene rings is 4. The van der Waals surface area contributed by atoms with Crippen LogP contribution in [-0.2, 0) is 20.4 Å². The number of ether oxygens (including phenoxy) is 2. The summed E-state index contributed by atoms with van der Waals surface area (Å²) in [4.78, 5) is 11.3. The number of carbonyl (C=O) groups excluding carboxylic acids is 1. The second-order valence-corrected chi connectivity index (χ2v) is 17.6. The molecule has 4 aromatic rings. The highest BCUT2D eigenvalue weighted by atomic mass is 16.6. The summed E-state index contributed by atoms with van der Waals surface area (Å²) in [5.41, 5.74) is 9.16. The van der Waals surface area contributed by atoms with E-state index in [1.807, 2.05) is 46.8 Å². The van der Waals surface area contributed by atoms with E-state index in [0.29, 0.717) is 44.5 Å². The number of cyclic esters (lactones) is 1. The number of aryl methyl sites for hydroxylation is 4. The minimum Gasteiger partial charge on any atom is -0.508 e. The number of carbonyl (C=O) groups is 1. The van der Waals surface area contributed by atoms with E-state index in [0.717, 1.165) is 71.2 Å². The Morgan fingerprint density at radius 2 is 0.968 bits per heavy atom. The van der Waals surface area contributed by atoms with E-state index < -0.39 is 11.2 Å².